The van der Waals surface area contributed by atoms with Crippen LogP contribution in [0.15, 0.2) is 48.8 Å². The van der Waals surface area contributed by atoms with E-state index < -0.39 is 11.7 Å². The smallest absolute Gasteiger partial charge is 0.407 e. The predicted molar refractivity (Wildman–Crippen MR) is 104 cm³/mol. The first kappa shape index (κ1) is 17.8. The van der Waals surface area contributed by atoms with E-state index in [4.69, 9.17) is 10.5 Å². The lowest BCUT2D eigenvalue weighted by Gasteiger charge is -2.19. The van der Waals surface area contributed by atoms with Crippen LogP contribution in [0.1, 0.15) is 20.8 Å². The second-order valence-corrected chi connectivity index (χ2v) is 7.17. The molecule has 6 nitrogen and oxygen atoms in total. The number of nitrogens with two attached hydrogens (primary N) is 1. The molecular formula is C20H24N4O2. The largest absolute Gasteiger partial charge is 0.444 e. The van der Waals surface area contributed by atoms with Gasteiger partial charge in [0.15, 0.2) is 0 Å². The molecule has 1 aromatic heterocycles. The second-order valence-electron chi connectivity index (χ2n) is 7.17. The van der Waals surface area contributed by atoms with Crippen molar-refractivity contribution in [2.75, 3.05) is 12.3 Å². The summed E-state index contributed by atoms with van der Waals surface area (Å²) in [5.41, 5.74) is 8.43. The monoisotopic (exact) mass is 352 g/mol. The average molecular weight is 352 g/mol. The van der Waals surface area contributed by atoms with Crippen LogP contribution in [0.4, 0.5) is 10.5 Å². The molecule has 3 N–H and O–H groups in total. The van der Waals surface area contributed by atoms with Crippen LogP contribution in [0, 0.1) is 0 Å². The van der Waals surface area contributed by atoms with Gasteiger partial charge in [0.1, 0.15) is 5.60 Å². The molecule has 0 aliphatic rings. The molecule has 26 heavy (non-hydrogen) atoms. The number of carbonyl (C=O) groups excluding carboxylic acids is 1. The van der Waals surface area contributed by atoms with Crippen LogP contribution in [0.3, 0.4) is 0 Å². The molecule has 0 radical (unpaired) electrons. The Labute approximate surface area is 152 Å². The SMILES string of the molecule is CC(C)(C)OC(=O)NCCn1cc(-c2cccc3c(N)cccc23)cn1. The number of nitrogen functional groups attached to an aromatic ring is 1. The third-order valence-corrected chi connectivity index (χ3v) is 3.91. The van der Waals surface area contributed by atoms with Gasteiger partial charge >= 0.3 is 6.09 Å². The number of nitrogens with zero attached hydrogens (tertiary/aromatic N) is 2. The van der Waals surface area contributed by atoms with Gasteiger partial charge in [0.05, 0.1) is 12.7 Å². The molecule has 1 heterocycles. The number of ether oxygens (including phenoxy) is 1. The first-order chi connectivity index (χ1) is 12.3. The highest BCUT2D eigenvalue weighted by Gasteiger charge is 2.15. The maximum atomic E-state index is 11.7. The van der Waals surface area contributed by atoms with Gasteiger partial charge in [0, 0.05) is 29.4 Å². The standard InChI is InChI=1S/C20H24N4O2/c1-20(2,3)26-19(25)22-10-11-24-13-14(12-23-24)15-6-4-8-17-16(15)7-5-9-18(17)21/h4-9,12-13H,10-11,21H2,1-3H3,(H,22,25). The lowest BCUT2D eigenvalue weighted by atomic mass is 10.00. The van der Waals surface area contributed by atoms with Crippen molar-refractivity contribution in [1.29, 1.82) is 0 Å². The highest BCUT2D eigenvalue weighted by atomic mass is 16.6. The lowest BCUT2D eigenvalue weighted by molar-refractivity contribution is 0.0525. The van der Waals surface area contributed by atoms with Gasteiger partial charge in [-0.2, -0.15) is 5.10 Å². The molecule has 2 aromatic carbocycles. The maximum Gasteiger partial charge on any atom is 0.407 e. The summed E-state index contributed by atoms with van der Waals surface area (Å²) in [6.45, 7) is 6.51. The Kier molecular flexibility index (Phi) is 4.84. The minimum atomic E-state index is -0.501. The fourth-order valence-electron chi connectivity index (χ4n) is 2.80. The van der Waals surface area contributed by atoms with Crippen molar-refractivity contribution >= 4 is 22.6 Å². The molecule has 0 fully saturated rings. The third-order valence-electron chi connectivity index (χ3n) is 3.91. The van der Waals surface area contributed by atoms with E-state index >= 15 is 0 Å². The van der Waals surface area contributed by atoms with Crippen LogP contribution < -0.4 is 11.1 Å². The van der Waals surface area contributed by atoms with Crippen molar-refractivity contribution in [3.8, 4) is 11.1 Å². The molecule has 6 heteroatoms. The number of alkyl carbamates (subject to hydrolysis) is 1. The summed E-state index contributed by atoms with van der Waals surface area (Å²) in [4.78, 5) is 11.7. The molecule has 136 valence electrons. The van der Waals surface area contributed by atoms with Crippen LogP contribution in [0.25, 0.3) is 21.9 Å². The van der Waals surface area contributed by atoms with Gasteiger partial charge < -0.3 is 15.8 Å². The van der Waals surface area contributed by atoms with Crippen LogP contribution in [-0.2, 0) is 11.3 Å². The Morgan fingerprint density at radius 3 is 2.69 bits per heavy atom. The van der Waals surface area contributed by atoms with Crippen molar-refractivity contribution in [2.24, 2.45) is 0 Å². The van der Waals surface area contributed by atoms with Crippen molar-refractivity contribution in [1.82, 2.24) is 15.1 Å². The molecule has 0 bridgehead atoms. The number of fused-ring (bicyclic) bond motifs is 1. The fraction of sp³-hybridized carbons (Fsp3) is 0.300. The topological polar surface area (TPSA) is 82.2 Å². The quantitative estimate of drug-likeness (QED) is 0.700. The van der Waals surface area contributed by atoms with E-state index in [0.717, 1.165) is 27.6 Å². The van der Waals surface area contributed by atoms with Gasteiger partial charge in [-0.1, -0.05) is 30.3 Å². The lowest BCUT2D eigenvalue weighted by Crippen LogP contribution is -2.34. The van der Waals surface area contributed by atoms with Crippen molar-refractivity contribution in [3.05, 3.63) is 48.8 Å². The number of aromatic nitrogens is 2. The van der Waals surface area contributed by atoms with Crippen molar-refractivity contribution < 1.29 is 9.53 Å². The van der Waals surface area contributed by atoms with E-state index in [9.17, 15) is 4.79 Å². The summed E-state index contributed by atoms with van der Waals surface area (Å²) in [5, 5.41) is 9.25. The fourth-order valence-corrected chi connectivity index (χ4v) is 2.80. The van der Waals surface area contributed by atoms with E-state index in [-0.39, 0.29) is 0 Å². The number of carbonyl (C=O) groups is 1. The molecular weight excluding hydrogens is 328 g/mol. The Hall–Kier alpha value is -3.02. The highest BCUT2D eigenvalue weighted by Crippen LogP contribution is 2.30. The summed E-state index contributed by atoms with van der Waals surface area (Å²) in [6, 6.07) is 12.0. The normalized spacial score (nSPS) is 11.5. The minimum Gasteiger partial charge on any atom is -0.444 e. The summed E-state index contributed by atoms with van der Waals surface area (Å²) < 4.78 is 7.02. The number of hydrogen-bond acceptors (Lipinski definition) is 4. The zero-order valence-corrected chi connectivity index (χ0v) is 15.3. The highest BCUT2D eigenvalue weighted by molar-refractivity contribution is 6.02. The number of anilines is 1. The molecule has 0 unspecified atom stereocenters. The zero-order valence-electron chi connectivity index (χ0n) is 15.3. The first-order valence-electron chi connectivity index (χ1n) is 8.60. The summed E-state index contributed by atoms with van der Waals surface area (Å²) in [7, 11) is 0. The Morgan fingerprint density at radius 1 is 1.19 bits per heavy atom. The van der Waals surface area contributed by atoms with E-state index in [1.807, 2.05) is 57.4 Å². The number of benzene rings is 2. The average Bonchev–Trinajstić information content (AvgIpc) is 3.02. The molecule has 0 aliphatic heterocycles. The molecule has 3 rings (SSSR count). The molecule has 0 saturated heterocycles. The van der Waals surface area contributed by atoms with Crippen LogP contribution in [0.2, 0.25) is 0 Å². The Morgan fingerprint density at radius 2 is 1.92 bits per heavy atom. The second kappa shape index (κ2) is 7.07. The number of hydrogen-bond donors (Lipinski definition) is 2. The number of nitrogens with one attached hydrogen (secondary N) is 1. The van der Waals surface area contributed by atoms with Crippen molar-refractivity contribution in [3.63, 3.8) is 0 Å². The molecule has 3 aromatic rings. The van der Waals surface area contributed by atoms with E-state index in [1.165, 1.54) is 0 Å². The van der Waals surface area contributed by atoms with Gasteiger partial charge in [-0.05, 0) is 37.8 Å². The van der Waals surface area contributed by atoms with Gasteiger partial charge in [-0.25, -0.2) is 4.79 Å². The minimum absolute atomic E-state index is 0.422. The van der Waals surface area contributed by atoms with Gasteiger partial charge in [0.2, 0.25) is 0 Å². The van der Waals surface area contributed by atoms with Crippen LogP contribution in [-0.4, -0.2) is 28.0 Å². The van der Waals surface area contributed by atoms with Gasteiger partial charge in [0.25, 0.3) is 0 Å². The number of amides is 1. The van der Waals surface area contributed by atoms with Crippen LogP contribution >= 0.6 is 0 Å². The van der Waals surface area contributed by atoms with E-state index in [0.29, 0.717) is 13.1 Å². The molecule has 0 saturated carbocycles. The molecule has 0 spiro atoms. The van der Waals surface area contributed by atoms with Crippen LogP contribution in [0.5, 0.6) is 0 Å². The predicted octanol–water partition coefficient (Wildman–Crippen LogP) is 3.81. The maximum absolute atomic E-state index is 11.7. The van der Waals surface area contributed by atoms with E-state index in [1.54, 1.807) is 4.68 Å². The molecule has 0 atom stereocenters. The zero-order chi connectivity index (χ0) is 18.7. The summed E-state index contributed by atoms with van der Waals surface area (Å²) in [6.07, 6.45) is 3.37. The van der Waals surface area contributed by atoms with E-state index in [2.05, 4.69) is 22.5 Å². The molecule has 1 amide bonds. The molecule has 0 aliphatic carbocycles. The Bertz CT molecular complexity index is 925. The number of rotatable bonds is 4. The summed E-state index contributed by atoms with van der Waals surface area (Å²) >= 11 is 0. The summed E-state index contributed by atoms with van der Waals surface area (Å²) in [5.74, 6) is 0. The Balaban J connectivity index is 1.69. The van der Waals surface area contributed by atoms with Crippen molar-refractivity contribution in [2.45, 2.75) is 32.9 Å². The van der Waals surface area contributed by atoms with Gasteiger partial charge in [-0.15, -0.1) is 0 Å². The van der Waals surface area contributed by atoms with Gasteiger partial charge in [-0.3, -0.25) is 4.68 Å². The first-order valence-corrected chi connectivity index (χ1v) is 8.60. The third kappa shape index (κ3) is 4.14.